The lowest BCUT2D eigenvalue weighted by Gasteiger charge is -1.97. The molecule has 0 saturated heterocycles. The largest absolute Gasteiger partial charge is 0.450 e. The van der Waals surface area contributed by atoms with Gasteiger partial charge in [-0.05, 0) is 23.6 Å². The van der Waals surface area contributed by atoms with Crippen molar-refractivity contribution in [3.05, 3.63) is 58.8 Å². The van der Waals surface area contributed by atoms with Crippen molar-refractivity contribution < 1.29 is 18.5 Å². The number of thiophene rings is 1. The second kappa shape index (κ2) is 5.69. The molecule has 4 rings (SSSR count). The molecule has 0 N–H and O–H groups in total. The number of aromatic nitrogens is 2. The smallest absolute Gasteiger partial charge is 0.374 e. The first-order valence-electron chi connectivity index (χ1n) is 6.80. The van der Waals surface area contributed by atoms with Crippen LogP contribution < -0.4 is 0 Å². The molecule has 6 nitrogen and oxygen atoms in total. The van der Waals surface area contributed by atoms with Gasteiger partial charge in [0.05, 0.1) is 0 Å². The highest BCUT2D eigenvalue weighted by molar-refractivity contribution is 7.08. The van der Waals surface area contributed by atoms with E-state index < -0.39 is 5.97 Å². The van der Waals surface area contributed by atoms with Crippen molar-refractivity contribution in [3.8, 4) is 11.4 Å². The topological polar surface area (TPSA) is 78.4 Å². The second-order valence-electron chi connectivity index (χ2n) is 4.75. The molecule has 1 aromatic carbocycles. The number of ether oxygens (including phenoxy) is 1. The van der Waals surface area contributed by atoms with Gasteiger partial charge in [0.2, 0.25) is 11.6 Å². The third-order valence-corrected chi connectivity index (χ3v) is 3.88. The highest BCUT2D eigenvalue weighted by Gasteiger charge is 2.16. The number of nitrogens with zero attached hydrogens (tertiary/aromatic N) is 2. The van der Waals surface area contributed by atoms with Gasteiger partial charge < -0.3 is 13.7 Å². The molecule has 114 valence electrons. The summed E-state index contributed by atoms with van der Waals surface area (Å²) >= 11 is 1.54. The summed E-state index contributed by atoms with van der Waals surface area (Å²) in [6, 6.07) is 10.9. The Morgan fingerprint density at radius 2 is 2.17 bits per heavy atom. The maximum Gasteiger partial charge on any atom is 0.374 e. The second-order valence-corrected chi connectivity index (χ2v) is 5.53. The summed E-state index contributed by atoms with van der Waals surface area (Å²) < 4.78 is 15.7. The summed E-state index contributed by atoms with van der Waals surface area (Å²) in [7, 11) is 0. The summed E-state index contributed by atoms with van der Waals surface area (Å²) in [5.41, 5.74) is 1.51. The van der Waals surface area contributed by atoms with Gasteiger partial charge in [0.15, 0.2) is 6.61 Å². The third kappa shape index (κ3) is 2.74. The number of hydrogen-bond acceptors (Lipinski definition) is 7. The number of para-hydroxylation sites is 1. The molecule has 0 bridgehead atoms. The van der Waals surface area contributed by atoms with Crippen LogP contribution in [-0.4, -0.2) is 16.1 Å². The zero-order valence-electron chi connectivity index (χ0n) is 11.8. The average molecular weight is 326 g/mol. The Labute approximate surface area is 134 Å². The molecule has 23 heavy (non-hydrogen) atoms. The van der Waals surface area contributed by atoms with Gasteiger partial charge in [-0.15, -0.1) is 0 Å². The summed E-state index contributed by atoms with van der Waals surface area (Å²) in [6.07, 6.45) is 0. The number of carbonyl (C=O) groups excluding carboxylic acids is 1. The molecule has 0 unspecified atom stereocenters. The highest BCUT2D eigenvalue weighted by Crippen LogP contribution is 2.21. The molecule has 0 aliphatic carbocycles. The lowest BCUT2D eigenvalue weighted by atomic mass is 10.2. The zero-order chi connectivity index (χ0) is 15.6. The number of hydrogen-bond donors (Lipinski definition) is 0. The molecule has 3 heterocycles. The van der Waals surface area contributed by atoms with E-state index in [9.17, 15) is 4.79 Å². The molecule has 0 aliphatic rings. The first kappa shape index (κ1) is 13.7. The van der Waals surface area contributed by atoms with E-state index in [1.54, 1.807) is 23.5 Å². The van der Waals surface area contributed by atoms with Gasteiger partial charge in [-0.1, -0.05) is 23.4 Å². The molecule has 3 aromatic heterocycles. The Balaban J connectivity index is 1.45. The van der Waals surface area contributed by atoms with Crippen LogP contribution in [0.5, 0.6) is 0 Å². The van der Waals surface area contributed by atoms with Crippen molar-refractivity contribution >= 4 is 28.3 Å². The number of furan rings is 1. The van der Waals surface area contributed by atoms with Crippen molar-refractivity contribution in [2.24, 2.45) is 0 Å². The van der Waals surface area contributed by atoms with E-state index in [1.807, 2.05) is 35.0 Å². The van der Waals surface area contributed by atoms with Crippen LogP contribution in [0.2, 0.25) is 0 Å². The Morgan fingerprint density at radius 3 is 3.00 bits per heavy atom. The van der Waals surface area contributed by atoms with Gasteiger partial charge >= 0.3 is 5.97 Å². The van der Waals surface area contributed by atoms with Crippen molar-refractivity contribution in [1.29, 1.82) is 0 Å². The fourth-order valence-corrected chi connectivity index (χ4v) is 2.74. The quantitative estimate of drug-likeness (QED) is 0.529. The normalized spacial score (nSPS) is 11.0. The Bertz CT molecular complexity index is 922. The molecular weight excluding hydrogens is 316 g/mol. The minimum absolute atomic E-state index is 0.104. The van der Waals surface area contributed by atoms with E-state index in [2.05, 4.69) is 10.1 Å². The molecular formula is C16H10N2O4S. The van der Waals surface area contributed by atoms with Crippen molar-refractivity contribution in [2.75, 3.05) is 0 Å². The summed E-state index contributed by atoms with van der Waals surface area (Å²) in [4.78, 5) is 16.2. The summed E-state index contributed by atoms with van der Waals surface area (Å²) in [5.74, 6) is 0.275. The maximum absolute atomic E-state index is 12.0. The molecule has 0 radical (unpaired) electrons. The van der Waals surface area contributed by atoms with Crippen LogP contribution in [0.4, 0.5) is 0 Å². The molecule has 0 amide bonds. The lowest BCUT2D eigenvalue weighted by molar-refractivity contribution is 0.0396. The minimum atomic E-state index is -0.573. The van der Waals surface area contributed by atoms with Crippen LogP contribution >= 0.6 is 11.3 Å². The summed E-state index contributed by atoms with van der Waals surface area (Å²) in [6.45, 7) is -0.104. The van der Waals surface area contributed by atoms with Crippen LogP contribution in [0.15, 0.2) is 56.1 Å². The molecule has 0 saturated carbocycles. The van der Waals surface area contributed by atoms with Gasteiger partial charge in [-0.2, -0.15) is 16.3 Å². The summed E-state index contributed by atoms with van der Waals surface area (Å²) in [5, 5.41) is 8.53. The van der Waals surface area contributed by atoms with E-state index in [0.29, 0.717) is 11.4 Å². The number of fused-ring (bicyclic) bond motifs is 1. The molecule has 0 spiro atoms. The van der Waals surface area contributed by atoms with Crippen molar-refractivity contribution in [2.45, 2.75) is 6.61 Å². The predicted octanol–water partition coefficient (Wildman–Crippen LogP) is 3.90. The number of benzene rings is 1. The van der Waals surface area contributed by atoms with Crippen LogP contribution in [0.3, 0.4) is 0 Å². The number of rotatable bonds is 4. The Kier molecular flexibility index (Phi) is 3.39. The van der Waals surface area contributed by atoms with E-state index in [0.717, 1.165) is 10.9 Å². The lowest BCUT2D eigenvalue weighted by Crippen LogP contribution is -2.04. The first-order valence-corrected chi connectivity index (χ1v) is 7.75. The number of carbonyl (C=O) groups is 1. The van der Waals surface area contributed by atoms with Gasteiger partial charge in [0.25, 0.3) is 5.89 Å². The van der Waals surface area contributed by atoms with Gasteiger partial charge in [-0.25, -0.2) is 4.79 Å². The standard InChI is InChI=1S/C16H10N2O4S/c19-16(13-7-10-3-1-2-4-12(10)21-13)20-8-14-17-15(18-22-14)11-5-6-23-9-11/h1-7,9H,8H2. The maximum atomic E-state index is 12.0. The predicted molar refractivity (Wildman–Crippen MR) is 82.9 cm³/mol. The van der Waals surface area contributed by atoms with E-state index in [-0.39, 0.29) is 18.3 Å². The fourth-order valence-electron chi connectivity index (χ4n) is 2.10. The molecule has 0 fully saturated rings. The van der Waals surface area contributed by atoms with Crippen molar-refractivity contribution in [1.82, 2.24) is 10.1 Å². The third-order valence-electron chi connectivity index (χ3n) is 3.20. The first-order chi connectivity index (χ1) is 11.3. The number of esters is 1. The van der Waals surface area contributed by atoms with Crippen LogP contribution in [0.1, 0.15) is 16.4 Å². The van der Waals surface area contributed by atoms with Crippen LogP contribution in [0, 0.1) is 0 Å². The van der Waals surface area contributed by atoms with Gasteiger partial charge in [-0.3, -0.25) is 0 Å². The monoisotopic (exact) mass is 326 g/mol. The Hall–Kier alpha value is -2.93. The zero-order valence-corrected chi connectivity index (χ0v) is 12.6. The molecule has 0 aliphatic heterocycles. The van der Waals surface area contributed by atoms with Crippen LogP contribution in [-0.2, 0) is 11.3 Å². The van der Waals surface area contributed by atoms with Gasteiger partial charge in [0, 0.05) is 16.3 Å². The molecule has 0 atom stereocenters. The van der Waals surface area contributed by atoms with E-state index in [4.69, 9.17) is 13.7 Å². The van der Waals surface area contributed by atoms with Crippen LogP contribution in [0.25, 0.3) is 22.4 Å². The fraction of sp³-hybridized carbons (Fsp3) is 0.0625. The molecule has 7 heteroatoms. The van der Waals surface area contributed by atoms with E-state index in [1.165, 1.54) is 0 Å². The Morgan fingerprint density at radius 1 is 1.26 bits per heavy atom. The molecule has 4 aromatic rings. The van der Waals surface area contributed by atoms with Gasteiger partial charge in [0.1, 0.15) is 5.58 Å². The van der Waals surface area contributed by atoms with Crippen molar-refractivity contribution in [3.63, 3.8) is 0 Å². The minimum Gasteiger partial charge on any atom is -0.450 e. The SMILES string of the molecule is O=C(OCc1nc(-c2ccsc2)no1)c1cc2ccccc2o1. The van der Waals surface area contributed by atoms with E-state index >= 15 is 0 Å². The highest BCUT2D eigenvalue weighted by atomic mass is 32.1. The average Bonchev–Trinajstić information content (AvgIpc) is 3.31.